The van der Waals surface area contributed by atoms with E-state index in [-0.39, 0.29) is 13.1 Å². The molecule has 0 N–H and O–H groups in total. The van der Waals surface area contributed by atoms with Crippen molar-refractivity contribution in [3.05, 3.63) is 108 Å². The first-order valence-electron chi connectivity index (χ1n) is 8.43. The van der Waals surface area contributed by atoms with Crippen LogP contribution in [0.25, 0.3) is 0 Å². The fraction of sp³-hybridized carbons (Fsp3) is 0.182. The van der Waals surface area contributed by atoms with Crippen molar-refractivity contribution in [2.45, 2.75) is 11.9 Å². The lowest BCUT2D eigenvalue weighted by atomic mass is 9.80. The van der Waals surface area contributed by atoms with Gasteiger partial charge in [-0.15, -0.1) is 0 Å². The Labute approximate surface area is 147 Å². The summed E-state index contributed by atoms with van der Waals surface area (Å²) in [5.74, 6) is 0. The van der Waals surface area contributed by atoms with Gasteiger partial charge in [-0.1, -0.05) is 91.0 Å². The summed E-state index contributed by atoms with van der Waals surface area (Å²) in [6, 6.07) is 30.8. The van der Waals surface area contributed by atoms with Crippen molar-refractivity contribution < 1.29 is 14.2 Å². The van der Waals surface area contributed by atoms with Crippen LogP contribution in [0.5, 0.6) is 0 Å². The third-order valence-electron chi connectivity index (χ3n) is 4.37. The van der Waals surface area contributed by atoms with Gasteiger partial charge in [0.2, 0.25) is 0 Å². The van der Waals surface area contributed by atoms with Crippen LogP contribution in [0.2, 0.25) is 0 Å². The summed E-state index contributed by atoms with van der Waals surface area (Å²) in [5, 5.41) is 0. The van der Waals surface area contributed by atoms with Gasteiger partial charge in [-0.25, -0.2) is 0 Å². The monoisotopic (exact) mass is 332 g/mol. The molecule has 0 amide bonds. The van der Waals surface area contributed by atoms with Gasteiger partial charge in [-0.2, -0.15) is 0 Å². The van der Waals surface area contributed by atoms with E-state index in [2.05, 4.69) is 36.4 Å². The van der Waals surface area contributed by atoms with Gasteiger partial charge in [-0.3, -0.25) is 0 Å². The number of benzene rings is 3. The molecule has 1 aliphatic heterocycles. The number of epoxide rings is 1. The van der Waals surface area contributed by atoms with Crippen LogP contribution in [0.15, 0.2) is 91.0 Å². The first-order chi connectivity index (χ1) is 12.4. The molecule has 0 saturated carbocycles. The molecule has 3 aromatic carbocycles. The molecule has 25 heavy (non-hydrogen) atoms. The van der Waals surface area contributed by atoms with Crippen LogP contribution in [-0.4, -0.2) is 19.7 Å². The maximum Gasteiger partial charge on any atom is 0.183 e. The first-order valence-corrected chi connectivity index (χ1v) is 8.43. The molecule has 0 spiro atoms. The zero-order chi connectivity index (χ0) is 17.0. The largest absolute Gasteiger partial charge is 0.345 e. The summed E-state index contributed by atoms with van der Waals surface area (Å²) in [5.41, 5.74) is 2.45. The molecule has 0 aliphatic carbocycles. The van der Waals surface area contributed by atoms with E-state index >= 15 is 0 Å². The predicted molar refractivity (Wildman–Crippen MR) is 96.0 cm³/mol. The average Bonchev–Trinajstić information content (AvgIpc) is 3.52. The Morgan fingerprint density at radius 3 is 1.48 bits per heavy atom. The highest BCUT2D eigenvalue weighted by Gasteiger charge is 2.38. The molecule has 4 rings (SSSR count). The average molecular weight is 332 g/mol. The molecule has 1 atom stereocenters. The molecule has 1 fully saturated rings. The van der Waals surface area contributed by atoms with Crippen molar-refractivity contribution in [3.8, 4) is 0 Å². The Morgan fingerprint density at radius 1 is 0.720 bits per heavy atom. The summed E-state index contributed by atoms with van der Waals surface area (Å²) in [6.07, 6.45) is -0.139. The second-order valence-electron chi connectivity index (χ2n) is 5.97. The second kappa shape index (κ2) is 7.19. The quantitative estimate of drug-likeness (QED) is 0.367. The minimum atomic E-state index is -0.737. The Morgan fingerprint density at radius 2 is 1.12 bits per heavy atom. The Hall–Kier alpha value is -2.46. The standard InChI is InChI=1S/C22H20O3/c1-4-10-18(11-5-1)22(19-12-6-2-7-13-19,20-14-8-3-9-15-20)25-17-24-21-16-23-21/h1-15,21H,16-17H2. The minimum Gasteiger partial charge on any atom is -0.345 e. The van der Waals surface area contributed by atoms with Crippen LogP contribution in [0, 0.1) is 0 Å². The molecule has 1 saturated heterocycles. The topological polar surface area (TPSA) is 31.0 Å². The molecular weight excluding hydrogens is 312 g/mol. The van der Waals surface area contributed by atoms with E-state index in [4.69, 9.17) is 14.2 Å². The third kappa shape index (κ3) is 3.35. The Bertz CT molecular complexity index is 687. The van der Waals surface area contributed by atoms with E-state index in [0.29, 0.717) is 6.61 Å². The van der Waals surface area contributed by atoms with E-state index in [1.807, 2.05) is 54.6 Å². The zero-order valence-corrected chi connectivity index (χ0v) is 13.9. The van der Waals surface area contributed by atoms with E-state index in [1.165, 1.54) is 0 Å². The highest BCUT2D eigenvalue weighted by Crippen LogP contribution is 2.40. The molecule has 0 aromatic heterocycles. The maximum atomic E-state index is 6.44. The van der Waals surface area contributed by atoms with Gasteiger partial charge in [0.1, 0.15) is 12.2 Å². The van der Waals surface area contributed by atoms with Gasteiger partial charge in [0.15, 0.2) is 13.1 Å². The predicted octanol–water partition coefficient (Wildman–Crippen LogP) is 4.33. The van der Waals surface area contributed by atoms with Gasteiger partial charge in [0, 0.05) is 0 Å². The van der Waals surface area contributed by atoms with Crippen LogP contribution in [0.4, 0.5) is 0 Å². The summed E-state index contributed by atoms with van der Waals surface area (Å²) in [7, 11) is 0. The Balaban J connectivity index is 1.84. The smallest absolute Gasteiger partial charge is 0.183 e. The van der Waals surface area contributed by atoms with Crippen molar-refractivity contribution >= 4 is 0 Å². The van der Waals surface area contributed by atoms with Crippen LogP contribution in [0.3, 0.4) is 0 Å². The fourth-order valence-electron chi connectivity index (χ4n) is 3.10. The van der Waals surface area contributed by atoms with Crippen molar-refractivity contribution in [2.75, 3.05) is 13.4 Å². The zero-order valence-electron chi connectivity index (χ0n) is 13.9. The van der Waals surface area contributed by atoms with Crippen molar-refractivity contribution in [3.63, 3.8) is 0 Å². The molecule has 1 unspecified atom stereocenters. The molecule has 1 aliphatic rings. The normalized spacial score (nSPS) is 16.6. The summed E-state index contributed by atoms with van der Waals surface area (Å²) < 4.78 is 17.2. The summed E-state index contributed by atoms with van der Waals surface area (Å²) >= 11 is 0. The van der Waals surface area contributed by atoms with E-state index in [0.717, 1.165) is 16.7 Å². The number of rotatable bonds is 7. The molecule has 3 heteroatoms. The number of hydrogen-bond donors (Lipinski definition) is 0. The van der Waals surface area contributed by atoms with E-state index in [9.17, 15) is 0 Å². The van der Waals surface area contributed by atoms with Crippen LogP contribution in [0.1, 0.15) is 16.7 Å². The molecule has 3 nitrogen and oxygen atoms in total. The third-order valence-corrected chi connectivity index (χ3v) is 4.37. The fourth-order valence-corrected chi connectivity index (χ4v) is 3.10. The SMILES string of the molecule is c1ccc(C(OCOC2CO2)(c2ccccc2)c2ccccc2)cc1. The molecule has 3 aromatic rings. The molecule has 0 radical (unpaired) electrons. The number of ether oxygens (including phenoxy) is 3. The number of hydrogen-bond acceptors (Lipinski definition) is 3. The van der Waals surface area contributed by atoms with Crippen LogP contribution < -0.4 is 0 Å². The lowest BCUT2D eigenvalue weighted by Crippen LogP contribution is -2.34. The van der Waals surface area contributed by atoms with Gasteiger partial charge >= 0.3 is 0 Å². The van der Waals surface area contributed by atoms with Gasteiger partial charge in [-0.05, 0) is 16.7 Å². The van der Waals surface area contributed by atoms with Gasteiger partial charge < -0.3 is 14.2 Å². The molecule has 0 bridgehead atoms. The summed E-state index contributed by atoms with van der Waals surface area (Å²) in [4.78, 5) is 0. The van der Waals surface area contributed by atoms with Gasteiger partial charge in [0.25, 0.3) is 0 Å². The van der Waals surface area contributed by atoms with Crippen molar-refractivity contribution in [2.24, 2.45) is 0 Å². The van der Waals surface area contributed by atoms with E-state index in [1.54, 1.807) is 0 Å². The Kier molecular flexibility index (Phi) is 4.61. The molecule has 1 heterocycles. The molecular formula is C22H20O3. The van der Waals surface area contributed by atoms with E-state index < -0.39 is 5.60 Å². The van der Waals surface area contributed by atoms with Crippen molar-refractivity contribution in [1.29, 1.82) is 0 Å². The van der Waals surface area contributed by atoms with Crippen LogP contribution >= 0.6 is 0 Å². The first kappa shape index (κ1) is 16.0. The van der Waals surface area contributed by atoms with Crippen LogP contribution in [-0.2, 0) is 19.8 Å². The lowest BCUT2D eigenvalue weighted by Gasteiger charge is -2.35. The highest BCUT2D eigenvalue weighted by molar-refractivity contribution is 5.47. The highest BCUT2D eigenvalue weighted by atomic mass is 16.8. The van der Waals surface area contributed by atoms with Crippen molar-refractivity contribution in [1.82, 2.24) is 0 Å². The van der Waals surface area contributed by atoms with Gasteiger partial charge in [0.05, 0.1) is 0 Å². The summed E-state index contributed by atoms with van der Waals surface area (Å²) in [6.45, 7) is 0.793. The molecule has 126 valence electrons. The maximum absolute atomic E-state index is 6.44. The second-order valence-corrected chi connectivity index (χ2v) is 5.97. The lowest BCUT2D eigenvalue weighted by molar-refractivity contribution is -0.134. The minimum absolute atomic E-state index is 0.139.